The Balaban J connectivity index is 1.37. The van der Waals surface area contributed by atoms with Crippen molar-refractivity contribution >= 4 is 40.1 Å². The zero-order valence-corrected chi connectivity index (χ0v) is 19.9. The number of para-hydroxylation sites is 2. The van der Waals surface area contributed by atoms with E-state index in [0.29, 0.717) is 37.6 Å². The quantitative estimate of drug-likeness (QED) is 0.336. The summed E-state index contributed by atoms with van der Waals surface area (Å²) in [5.41, 5.74) is 3.90. The summed E-state index contributed by atoms with van der Waals surface area (Å²) in [6.07, 6.45) is 0.947. The lowest BCUT2D eigenvalue weighted by Gasteiger charge is -2.12. The number of ether oxygens (including phenoxy) is 1. The van der Waals surface area contributed by atoms with E-state index in [1.807, 2.05) is 55.5 Å². The van der Waals surface area contributed by atoms with Gasteiger partial charge in [-0.3, -0.25) is 4.79 Å². The third-order valence-electron chi connectivity index (χ3n) is 5.40. The third kappa shape index (κ3) is 6.06. The molecule has 0 saturated carbocycles. The number of imidazole rings is 1. The fourth-order valence-corrected chi connectivity index (χ4v) is 3.93. The number of aryl methyl sites for hydroxylation is 1. The first kappa shape index (κ1) is 23.1. The van der Waals surface area contributed by atoms with Gasteiger partial charge in [-0.1, -0.05) is 47.5 Å². The van der Waals surface area contributed by atoms with E-state index in [1.165, 1.54) is 0 Å². The molecule has 4 aromatic rings. The van der Waals surface area contributed by atoms with Crippen LogP contribution in [0, 0.1) is 6.92 Å². The van der Waals surface area contributed by atoms with Gasteiger partial charge in [0.15, 0.2) is 0 Å². The molecule has 1 aromatic heterocycles. The van der Waals surface area contributed by atoms with Gasteiger partial charge in [-0.25, -0.2) is 4.98 Å². The summed E-state index contributed by atoms with van der Waals surface area (Å²) in [6, 6.07) is 21.0. The first-order valence-electron chi connectivity index (χ1n) is 10.8. The minimum Gasteiger partial charge on any atom is -0.492 e. The van der Waals surface area contributed by atoms with Crippen LogP contribution < -0.4 is 10.1 Å². The van der Waals surface area contributed by atoms with Crippen LogP contribution in [0.25, 0.3) is 11.0 Å². The molecule has 1 heterocycles. The summed E-state index contributed by atoms with van der Waals surface area (Å²) >= 11 is 12.0. The zero-order valence-electron chi connectivity index (χ0n) is 18.4. The van der Waals surface area contributed by atoms with Gasteiger partial charge >= 0.3 is 0 Å². The summed E-state index contributed by atoms with van der Waals surface area (Å²) in [7, 11) is 0. The second-order valence-electron chi connectivity index (χ2n) is 7.83. The van der Waals surface area contributed by atoms with E-state index < -0.39 is 0 Å². The van der Waals surface area contributed by atoms with Crippen molar-refractivity contribution in [2.45, 2.75) is 26.3 Å². The van der Waals surface area contributed by atoms with Crippen LogP contribution in [0.4, 0.5) is 0 Å². The molecule has 0 aliphatic rings. The predicted molar refractivity (Wildman–Crippen MR) is 133 cm³/mol. The second-order valence-corrected chi connectivity index (χ2v) is 8.67. The number of halogens is 2. The van der Waals surface area contributed by atoms with Gasteiger partial charge in [0.1, 0.15) is 18.2 Å². The average Bonchev–Trinajstić information content (AvgIpc) is 3.15. The molecule has 3 aromatic carbocycles. The van der Waals surface area contributed by atoms with Gasteiger partial charge in [0, 0.05) is 23.0 Å². The maximum Gasteiger partial charge on any atom is 0.224 e. The highest BCUT2D eigenvalue weighted by molar-refractivity contribution is 6.31. The van der Waals surface area contributed by atoms with Gasteiger partial charge in [0.2, 0.25) is 5.91 Å². The fraction of sp³-hybridized carbons (Fsp3) is 0.231. The van der Waals surface area contributed by atoms with Crippen molar-refractivity contribution in [2.24, 2.45) is 0 Å². The van der Waals surface area contributed by atoms with Crippen molar-refractivity contribution in [3.05, 3.63) is 93.7 Å². The highest BCUT2D eigenvalue weighted by atomic mass is 35.5. The summed E-state index contributed by atoms with van der Waals surface area (Å²) in [6.45, 7) is 3.61. The molecule has 4 rings (SSSR count). The molecule has 33 heavy (non-hydrogen) atoms. The minimum atomic E-state index is -0.0265. The largest absolute Gasteiger partial charge is 0.492 e. The Bertz CT molecular complexity index is 1250. The maximum absolute atomic E-state index is 12.3. The van der Waals surface area contributed by atoms with E-state index in [9.17, 15) is 4.79 Å². The predicted octanol–water partition coefficient (Wildman–Crippen LogP) is 5.63. The molecule has 0 spiro atoms. The normalized spacial score (nSPS) is 11.0. The highest BCUT2D eigenvalue weighted by Crippen LogP contribution is 2.22. The van der Waals surface area contributed by atoms with Crippen molar-refractivity contribution in [1.82, 2.24) is 14.9 Å². The molecule has 1 N–H and O–H groups in total. The van der Waals surface area contributed by atoms with Crippen LogP contribution in [-0.4, -0.2) is 28.6 Å². The van der Waals surface area contributed by atoms with Crippen LogP contribution in [-0.2, 0) is 24.2 Å². The van der Waals surface area contributed by atoms with Crippen molar-refractivity contribution in [3.8, 4) is 5.75 Å². The number of benzene rings is 3. The smallest absolute Gasteiger partial charge is 0.224 e. The summed E-state index contributed by atoms with van der Waals surface area (Å²) in [4.78, 5) is 17.1. The minimum absolute atomic E-state index is 0.0265. The van der Waals surface area contributed by atoms with E-state index >= 15 is 0 Å². The van der Waals surface area contributed by atoms with Crippen LogP contribution in [0.1, 0.15) is 17.0 Å². The molecular formula is C26H25Cl2N3O2. The molecule has 0 atom stereocenters. The summed E-state index contributed by atoms with van der Waals surface area (Å²) < 4.78 is 8.11. The molecule has 1 amide bonds. The van der Waals surface area contributed by atoms with Crippen molar-refractivity contribution in [1.29, 1.82) is 0 Å². The molecule has 0 fully saturated rings. The van der Waals surface area contributed by atoms with E-state index in [0.717, 1.165) is 38.8 Å². The van der Waals surface area contributed by atoms with Gasteiger partial charge in [-0.15, -0.1) is 0 Å². The number of fused-ring (bicyclic) bond motifs is 1. The lowest BCUT2D eigenvalue weighted by Crippen LogP contribution is -2.28. The van der Waals surface area contributed by atoms with Crippen LogP contribution in [0.15, 0.2) is 66.7 Å². The number of nitrogens with zero attached hydrogens (tertiary/aromatic N) is 2. The fourth-order valence-electron chi connectivity index (χ4n) is 3.69. The Morgan fingerprint density at radius 2 is 1.85 bits per heavy atom. The molecule has 0 aliphatic heterocycles. The lowest BCUT2D eigenvalue weighted by atomic mass is 10.1. The number of nitrogens with one attached hydrogen (secondary N) is 1. The standard InChI is InChI=1S/C26H25Cl2N3O2/c1-18-16-21(10-11-22(18)28)33-15-14-31-24-5-3-2-4-23(24)30-25(31)12-13-29-26(32)17-19-6-8-20(27)9-7-19/h2-11,16H,12-15,17H2,1H3,(H,29,32). The van der Waals surface area contributed by atoms with Crippen LogP contribution in [0.3, 0.4) is 0 Å². The second kappa shape index (κ2) is 10.7. The summed E-state index contributed by atoms with van der Waals surface area (Å²) in [5.74, 6) is 1.68. The molecule has 0 unspecified atom stereocenters. The Hall–Kier alpha value is -3.02. The van der Waals surface area contributed by atoms with Gasteiger partial charge in [-0.05, 0) is 60.5 Å². The monoisotopic (exact) mass is 481 g/mol. The van der Waals surface area contributed by atoms with E-state index in [4.69, 9.17) is 32.9 Å². The van der Waals surface area contributed by atoms with E-state index in [1.54, 1.807) is 12.1 Å². The summed E-state index contributed by atoms with van der Waals surface area (Å²) in [5, 5.41) is 4.38. The van der Waals surface area contributed by atoms with Gasteiger partial charge in [-0.2, -0.15) is 0 Å². The Labute approximate surface area is 203 Å². The number of hydrogen-bond acceptors (Lipinski definition) is 3. The Kier molecular flexibility index (Phi) is 7.53. The number of aromatic nitrogens is 2. The third-order valence-corrected chi connectivity index (χ3v) is 6.07. The molecular weight excluding hydrogens is 457 g/mol. The lowest BCUT2D eigenvalue weighted by molar-refractivity contribution is -0.120. The number of rotatable bonds is 9. The van der Waals surface area contributed by atoms with E-state index in [2.05, 4.69) is 16.0 Å². The zero-order chi connectivity index (χ0) is 23.2. The van der Waals surface area contributed by atoms with Crippen molar-refractivity contribution in [2.75, 3.05) is 13.2 Å². The van der Waals surface area contributed by atoms with Crippen molar-refractivity contribution in [3.63, 3.8) is 0 Å². The molecule has 7 heteroatoms. The maximum atomic E-state index is 12.3. The van der Waals surface area contributed by atoms with Crippen LogP contribution in [0.5, 0.6) is 5.75 Å². The average molecular weight is 482 g/mol. The topological polar surface area (TPSA) is 56.1 Å². The van der Waals surface area contributed by atoms with E-state index in [-0.39, 0.29) is 5.91 Å². The molecule has 0 saturated heterocycles. The number of carbonyl (C=O) groups excluding carboxylic acids is 1. The number of hydrogen-bond donors (Lipinski definition) is 1. The SMILES string of the molecule is Cc1cc(OCCn2c(CCNC(=O)Cc3ccc(Cl)cc3)nc3ccccc32)ccc1Cl. The number of carbonyl (C=O) groups is 1. The van der Waals surface area contributed by atoms with Gasteiger partial charge in [0.05, 0.1) is 24.0 Å². The Morgan fingerprint density at radius 3 is 2.64 bits per heavy atom. The molecule has 170 valence electrons. The highest BCUT2D eigenvalue weighted by Gasteiger charge is 2.11. The van der Waals surface area contributed by atoms with Crippen LogP contribution in [0.2, 0.25) is 10.0 Å². The van der Waals surface area contributed by atoms with Gasteiger partial charge in [0.25, 0.3) is 0 Å². The first-order chi connectivity index (χ1) is 16.0. The van der Waals surface area contributed by atoms with Crippen LogP contribution >= 0.6 is 23.2 Å². The van der Waals surface area contributed by atoms with Crippen molar-refractivity contribution < 1.29 is 9.53 Å². The molecule has 0 bridgehead atoms. The molecule has 0 aliphatic carbocycles. The Morgan fingerprint density at radius 1 is 1.06 bits per heavy atom. The molecule has 5 nitrogen and oxygen atoms in total. The first-order valence-corrected chi connectivity index (χ1v) is 11.6. The molecule has 0 radical (unpaired) electrons. The van der Waals surface area contributed by atoms with Gasteiger partial charge < -0.3 is 14.6 Å². The number of amides is 1.